The zero-order valence-corrected chi connectivity index (χ0v) is 21.0. The lowest BCUT2D eigenvalue weighted by Crippen LogP contribution is -2.49. The molecule has 2 aromatic rings. The predicted molar refractivity (Wildman–Crippen MR) is 132 cm³/mol. The van der Waals surface area contributed by atoms with Crippen LogP contribution in [0.4, 0.5) is 5.69 Å². The molecular weight excluding hydrogens is 494 g/mol. The molecule has 35 heavy (non-hydrogen) atoms. The van der Waals surface area contributed by atoms with Crippen LogP contribution < -0.4 is 15.6 Å². The minimum absolute atomic E-state index is 0.0165. The van der Waals surface area contributed by atoms with Gasteiger partial charge in [0.2, 0.25) is 0 Å². The lowest BCUT2D eigenvalue weighted by atomic mass is 10.0. The van der Waals surface area contributed by atoms with E-state index in [0.29, 0.717) is 56.4 Å². The molecule has 0 aliphatic carbocycles. The van der Waals surface area contributed by atoms with Gasteiger partial charge in [0.15, 0.2) is 6.73 Å². The van der Waals surface area contributed by atoms with Crippen LogP contribution in [0.25, 0.3) is 0 Å². The first-order valence-corrected chi connectivity index (χ1v) is 13.8. The number of halogens is 1. The van der Waals surface area contributed by atoms with E-state index >= 15 is 0 Å². The Morgan fingerprint density at radius 2 is 1.94 bits per heavy atom. The molecular formula is C23H30ClN5O5S. The molecule has 0 bridgehead atoms. The van der Waals surface area contributed by atoms with Crippen LogP contribution in [0, 0.1) is 5.92 Å². The first kappa shape index (κ1) is 24.5. The van der Waals surface area contributed by atoms with E-state index in [1.165, 1.54) is 13.3 Å². The van der Waals surface area contributed by atoms with E-state index in [-0.39, 0.29) is 29.9 Å². The van der Waals surface area contributed by atoms with Gasteiger partial charge in [0.1, 0.15) is 10.8 Å². The van der Waals surface area contributed by atoms with Crippen molar-refractivity contribution in [2.75, 3.05) is 44.9 Å². The number of nitrogens with zero attached hydrogens (tertiary/aromatic N) is 4. The molecule has 1 N–H and O–H groups in total. The number of piperidine rings is 1. The minimum Gasteiger partial charge on any atom is -0.477 e. The highest BCUT2D eigenvalue weighted by Crippen LogP contribution is 2.30. The molecule has 1 aromatic carbocycles. The van der Waals surface area contributed by atoms with Crippen LogP contribution in [0.5, 0.6) is 5.75 Å². The largest absolute Gasteiger partial charge is 0.477 e. The average Bonchev–Trinajstić information content (AvgIpc) is 2.90. The lowest BCUT2D eigenvalue weighted by Gasteiger charge is -2.36. The van der Waals surface area contributed by atoms with Crippen molar-refractivity contribution in [2.45, 2.75) is 38.3 Å². The topological polar surface area (TPSA) is 106 Å². The van der Waals surface area contributed by atoms with E-state index < -0.39 is 10.2 Å². The highest BCUT2D eigenvalue weighted by molar-refractivity contribution is 7.86. The molecule has 0 saturated carbocycles. The van der Waals surface area contributed by atoms with Gasteiger partial charge in [-0.15, -0.1) is 4.31 Å². The van der Waals surface area contributed by atoms with E-state index in [4.69, 9.17) is 21.1 Å². The third-order valence-corrected chi connectivity index (χ3v) is 9.15. The van der Waals surface area contributed by atoms with Crippen LogP contribution in [0.3, 0.4) is 0 Å². The van der Waals surface area contributed by atoms with Crippen molar-refractivity contribution in [2.24, 2.45) is 5.92 Å². The van der Waals surface area contributed by atoms with Crippen molar-refractivity contribution in [3.63, 3.8) is 0 Å². The smallest absolute Gasteiger partial charge is 0.287 e. The van der Waals surface area contributed by atoms with Crippen LogP contribution in [0.15, 0.2) is 35.3 Å². The monoisotopic (exact) mass is 523 g/mol. The van der Waals surface area contributed by atoms with E-state index in [9.17, 15) is 13.2 Å². The van der Waals surface area contributed by atoms with Gasteiger partial charge in [-0.3, -0.25) is 4.79 Å². The fourth-order valence-corrected chi connectivity index (χ4v) is 6.52. The quantitative estimate of drug-likeness (QED) is 0.620. The van der Waals surface area contributed by atoms with Crippen molar-refractivity contribution in [1.29, 1.82) is 0 Å². The van der Waals surface area contributed by atoms with Crippen molar-refractivity contribution in [1.82, 2.24) is 18.4 Å². The second-order valence-corrected chi connectivity index (χ2v) is 11.5. The highest BCUT2D eigenvalue weighted by atomic mass is 35.5. The molecule has 0 spiro atoms. The van der Waals surface area contributed by atoms with Gasteiger partial charge >= 0.3 is 0 Å². The van der Waals surface area contributed by atoms with Crippen LogP contribution in [0.2, 0.25) is 5.02 Å². The summed E-state index contributed by atoms with van der Waals surface area (Å²) < 4.78 is 41.7. The molecule has 0 radical (unpaired) electrons. The molecule has 12 heteroatoms. The Labute approximate surface area is 209 Å². The Kier molecular flexibility index (Phi) is 7.31. The lowest BCUT2D eigenvalue weighted by molar-refractivity contribution is 0.0595. The SMILES string of the molecule is O=c1c(Cl)c(NCC2CCCOC2)cnn1C1CCN(S(=O)(=O)N2COc3ccccc3C2)CC1. The van der Waals surface area contributed by atoms with E-state index in [0.717, 1.165) is 25.0 Å². The normalized spacial score (nSPS) is 22.4. The van der Waals surface area contributed by atoms with Gasteiger partial charge in [-0.1, -0.05) is 29.8 Å². The van der Waals surface area contributed by atoms with Gasteiger partial charge in [0, 0.05) is 38.3 Å². The number of hydrogen-bond donors (Lipinski definition) is 1. The molecule has 0 amide bonds. The molecule has 1 unspecified atom stereocenters. The number of ether oxygens (including phenoxy) is 2. The third kappa shape index (κ3) is 5.19. The standard InChI is InChI=1S/C23H30ClN5O5S/c24-22-20(25-12-17-4-3-11-33-15-17)13-26-29(23(22)30)19-7-9-27(10-8-19)35(31,32)28-14-18-5-1-2-6-21(18)34-16-28/h1-2,5-6,13,17,19,25H,3-4,7-12,14-16H2. The Bertz CT molecular complexity index is 1210. The number of hydrogen-bond acceptors (Lipinski definition) is 7. The second kappa shape index (κ2) is 10.4. The first-order valence-electron chi connectivity index (χ1n) is 12.0. The number of nitrogens with one attached hydrogen (secondary N) is 1. The number of anilines is 1. The Morgan fingerprint density at radius 3 is 2.71 bits per heavy atom. The molecule has 190 valence electrons. The molecule has 3 aliphatic heterocycles. The molecule has 4 heterocycles. The van der Waals surface area contributed by atoms with Gasteiger partial charge in [-0.05, 0) is 37.7 Å². The maximum Gasteiger partial charge on any atom is 0.287 e. The fraction of sp³-hybridized carbons (Fsp3) is 0.565. The first-order chi connectivity index (χ1) is 16.9. The van der Waals surface area contributed by atoms with Crippen molar-refractivity contribution in [3.05, 3.63) is 51.4 Å². The van der Waals surface area contributed by atoms with Crippen LogP contribution in [0.1, 0.15) is 37.3 Å². The molecule has 1 aromatic heterocycles. The molecule has 2 saturated heterocycles. The Morgan fingerprint density at radius 1 is 1.14 bits per heavy atom. The maximum atomic E-state index is 13.2. The summed E-state index contributed by atoms with van der Waals surface area (Å²) in [5.41, 5.74) is 0.995. The fourth-order valence-electron chi connectivity index (χ4n) is 4.83. The molecule has 1 atom stereocenters. The number of para-hydroxylation sites is 1. The van der Waals surface area contributed by atoms with E-state index in [1.54, 1.807) is 6.20 Å². The van der Waals surface area contributed by atoms with Gasteiger partial charge < -0.3 is 14.8 Å². The van der Waals surface area contributed by atoms with Gasteiger partial charge in [-0.2, -0.15) is 17.8 Å². The maximum absolute atomic E-state index is 13.2. The van der Waals surface area contributed by atoms with Crippen molar-refractivity contribution < 1.29 is 17.9 Å². The average molecular weight is 524 g/mol. The van der Waals surface area contributed by atoms with Crippen LogP contribution in [-0.4, -0.2) is 66.4 Å². The van der Waals surface area contributed by atoms with Crippen LogP contribution in [-0.2, 0) is 21.5 Å². The molecule has 5 rings (SSSR count). The Balaban J connectivity index is 1.20. The Hall–Kier alpha value is -2.18. The van der Waals surface area contributed by atoms with Gasteiger partial charge in [0.25, 0.3) is 15.8 Å². The summed E-state index contributed by atoms with van der Waals surface area (Å²) in [5, 5.41) is 7.69. The van der Waals surface area contributed by atoms with Crippen molar-refractivity contribution >= 4 is 27.5 Å². The number of aromatic nitrogens is 2. The highest BCUT2D eigenvalue weighted by Gasteiger charge is 2.36. The predicted octanol–water partition coefficient (Wildman–Crippen LogP) is 2.47. The summed E-state index contributed by atoms with van der Waals surface area (Å²) in [5.74, 6) is 1.09. The minimum atomic E-state index is -3.69. The summed E-state index contributed by atoms with van der Waals surface area (Å²) in [6.45, 7) is 3.01. The van der Waals surface area contributed by atoms with Gasteiger partial charge in [-0.25, -0.2) is 4.68 Å². The van der Waals surface area contributed by atoms with Crippen molar-refractivity contribution in [3.8, 4) is 5.75 Å². The summed E-state index contributed by atoms with van der Waals surface area (Å²) in [6, 6.07) is 7.22. The second-order valence-electron chi connectivity index (χ2n) is 9.22. The van der Waals surface area contributed by atoms with Gasteiger partial charge in [0.05, 0.1) is 24.5 Å². The molecule has 2 fully saturated rings. The van der Waals surface area contributed by atoms with E-state index in [1.807, 2.05) is 24.3 Å². The molecule has 10 nitrogen and oxygen atoms in total. The zero-order valence-electron chi connectivity index (χ0n) is 19.4. The number of rotatable bonds is 6. The molecule has 3 aliphatic rings. The zero-order chi connectivity index (χ0) is 24.4. The third-order valence-electron chi connectivity index (χ3n) is 6.88. The summed E-state index contributed by atoms with van der Waals surface area (Å²) in [4.78, 5) is 12.9. The summed E-state index contributed by atoms with van der Waals surface area (Å²) in [6.07, 6.45) is 4.64. The summed E-state index contributed by atoms with van der Waals surface area (Å²) in [7, 11) is -3.69. The number of benzene rings is 1. The van der Waals surface area contributed by atoms with E-state index in [2.05, 4.69) is 10.4 Å². The summed E-state index contributed by atoms with van der Waals surface area (Å²) >= 11 is 6.39. The number of fused-ring (bicyclic) bond motifs is 1. The van der Waals surface area contributed by atoms with Crippen LogP contribution >= 0.6 is 11.6 Å².